The van der Waals surface area contributed by atoms with Gasteiger partial charge in [-0.25, -0.2) is 19.9 Å². The van der Waals surface area contributed by atoms with Crippen molar-refractivity contribution in [3.05, 3.63) is 388 Å². The van der Waals surface area contributed by atoms with Gasteiger partial charge in [0.15, 0.2) is 23.0 Å². The highest BCUT2D eigenvalue weighted by Gasteiger charge is 2.25. The molecule has 532 valence electrons. The first-order valence-electron chi connectivity index (χ1n) is 38.5. The van der Waals surface area contributed by atoms with Gasteiger partial charge in [0.05, 0.1) is 60.0 Å². The minimum absolute atomic E-state index is 0.646. The number of rotatable bonds is 10. The second-order valence-corrected chi connectivity index (χ2v) is 30.2. The van der Waals surface area contributed by atoms with Crippen LogP contribution in [0.25, 0.3) is 220 Å². The molecular weight excluding hydrogens is 1410 g/mol. The van der Waals surface area contributed by atoms with E-state index in [-0.39, 0.29) is 0 Å². The van der Waals surface area contributed by atoms with E-state index in [1.54, 1.807) is 11.3 Å². The van der Waals surface area contributed by atoms with Crippen LogP contribution in [0.1, 0.15) is 0 Å². The number of aromatic nitrogens is 8. The first-order valence-corrected chi connectivity index (χ1v) is 39.3. The summed E-state index contributed by atoms with van der Waals surface area (Å²) >= 11 is 1.76. The number of furan rings is 1. The van der Waals surface area contributed by atoms with Crippen LogP contribution in [0.2, 0.25) is 0 Å². The molecule has 24 rings (SSSR count). The van der Waals surface area contributed by atoms with Gasteiger partial charge < -0.3 is 18.1 Å². The number of thiophene rings is 1. The second kappa shape index (κ2) is 26.3. The molecule has 114 heavy (non-hydrogen) atoms. The lowest BCUT2D eigenvalue weighted by molar-refractivity contribution is 0.662. The normalized spacial score (nSPS) is 11.9. The summed E-state index contributed by atoms with van der Waals surface area (Å²) in [7, 11) is 0. The summed E-state index contributed by atoms with van der Waals surface area (Å²) in [5, 5.41) is 11.8. The Balaban J connectivity index is 0.000000135. The molecule has 0 bridgehead atoms. The van der Waals surface area contributed by atoms with Crippen LogP contribution < -0.4 is 0 Å². The maximum Gasteiger partial charge on any atom is 0.197 e. The summed E-state index contributed by atoms with van der Waals surface area (Å²) < 4.78 is 18.3. The van der Waals surface area contributed by atoms with Crippen molar-refractivity contribution >= 4 is 141 Å². The van der Waals surface area contributed by atoms with E-state index < -0.39 is 0 Å². The molecular formula is C104H64N8OS. The summed E-state index contributed by atoms with van der Waals surface area (Å²) in [5.74, 6) is 2.08. The van der Waals surface area contributed by atoms with Gasteiger partial charge in [-0.05, 0) is 167 Å². The third-order valence-corrected chi connectivity index (χ3v) is 23.8. The quantitative estimate of drug-likeness (QED) is 0.136. The molecule has 8 aromatic heterocycles. The van der Waals surface area contributed by atoms with Crippen LogP contribution in [0.3, 0.4) is 0 Å². The predicted molar refractivity (Wildman–Crippen MR) is 474 cm³/mol. The number of para-hydroxylation sites is 7. The van der Waals surface area contributed by atoms with Crippen molar-refractivity contribution in [2.75, 3.05) is 0 Å². The zero-order chi connectivity index (χ0) is 74.9. The van der Waals surface area contributed by atoms with Gasteiger partial charge in [0.2, 0.25) is 0 Å². The van der Waals surface area contributed by atoms with Gasteiger partial charge in [0, 0.05) is 92.3 Å². The molecule has 0 aliphatic carbocycles. The standard InChI is InChI=1S/C52H32N4O.C52H32N4S/c1-3-14-33(15-4-1)34-16-13-17-37(30-34)51-53-49-41-22-9-12-25-48(41)57-50(49)52(54-51)56-45-24-11-8-21-40(45)43-32-36(27-29-47(43)56)35-26-28-46-42(31-35)39-20-7-10-23-44(39)55(46)38-18-5-2-6-19-38;1-3-14-33(15-4-1)49-51-50(41-22-9-12-25-48(41)57-51)54-52(53-49)36-16-13-19-38(30-36)56-45-24-11-8-21-40(45)43-32-35(27-29-47(43)56)34-26-28-46-42(31-34)39-20-7-10-23-44(39)55(46)37-17-5-2-6-18-37/h2*1-32H. The van der Waals surface area contributed by atoms with Gasteiger partial charge in [-0.3, -0.25) is 4.57 Å². The Morgan fingerprint density at radius 3 is 1.11 bits per heavy atom. The van der Waals surface area contributed by atoms with Crippen molar-refractivity contribution in [1.29, 1.82) is 0 Å². The first kappa shape index (κ1) is 64.8. The van der Waals surface area contributed by atoms with Gasteiger partial charge in [-0.1, -0.05) is 255 Å². The SMILES string of the molecule is c1ccc(-c2cccc(-c3nc(-n4c5ccccc5c5cc(-c6ccc7c(c6)c6ccccc6n7-c6ccccc6)ccc54)c4oc5ccccc5c4n3)c2)cc1.c1ccc(-c2nc(-c3cccc(-n4c5ccccc5c5cc(-c6ccc7c(c6)c6ccccc6n7-c6ccccc6)ccc54)c3)nc3c2sc2ccccc23)cc1. The monoisotopic (exact) mass is 1470 g/mol. The van der Waals surface area contributed by atoms with E-state index in [9.17, 15) is 0 Å². The summed E-state index contributed by atoms with van der Waals surface area (Å²) in [5.41, 5.74) is 26.8. The molecule has 0 amide bonds. The number of hydrogen-bond donors (Lipinski definition) is 0. The van der Waals surface area contributed by atoms with Crippen LogP contribution in [0.5, 0.6) is 0 Å². The van der Waals surface area contributed by atoms with Crippen LogP contribution in [0.4, 0.5) is 0 Å². The average Bonchev–Trinajstić information content (AvgIpc) is 1.58. The minimum atomic E-state index is 0.646. The summed E-state index contributed by atoms with van der Waals surface area (Å²) in [4.78, 5) is 21.1. The fraction of sp³-hybridized carbons (Fsp3) is 0. The average molecular weight is 1470 g/mol. The van der Waals surface area contributed by atoms with Crippen LogP contribution in [0, 0.1) is 0 Å². The van der Waals surface area contributed by atoms with Crippen molar-refractivity contribution in [3.8, 4) is 90.3 Å². The molecule has 0 atom stereocenters. The number of fused-ring (bicyclic) bond motifs is 18. The highest BCUT2D eigenvalue weighted by atomic mass is 32.1. The Bertz CT molecular complexity index is 7990. The fourth-order valence-electron chi connectivity index (χ4n) is 17.4. The summed E-state index contributed by atoms with van der Waals surface area (Å²) in [6, 6.07) is 138. The van der Waals surface area contributed by atoms with E-state index in [1.165, 1.54) is 81.5 Å². The zero-order valence-electron chi connectivity index (χ0n) is 61.3. The molecule has 0 radical (unpaired) electrons. The molecule has 16 aromatic carbocycles. The van der Waals surface area contributed by atoms with Crippen molar-refractivity contribution in [2.45, 2.75) is 0 Å². The minimum Gasteiger partial charge on any atom is -0.450 e. The second-order valence-electron chi connectivity index (χ2n) is 29.2. The Morgan fingerprint density at radius 1 is 0.219 bits per heavy atom. The lowest BCUT2D eigenvalue weighted by Crippen LogP contribution is -2.02. The van der Waals surface area contributed by atoms with Gasteiger partial charge in [0.25, 0.3) is 0 Å². The number of hydrogen-bond acceptors (Lipinski definition) is 6. The van der Waals surface area contributed by atoms with Gasteiger partial charge in [-0.2, -0.15) is 0 Å². The summed E-state index contributed by atoms with van der Waals surface area (Å²) in [6.45, 7) is 0. The highest BCUT2D eigenvalue weighted by Crippen LogP contribution is 2.45. The van der Waals surface area contributed by atoms with Crippen molar-refractivity contribution < 1.29 is 4.42 Å². The topological polar surface area (TPSA) is 84.4 Å². The van der Waals surface area contributed by atoms with Crippen LogP contribution in [0.15, 0.2) is 393 Å². The molecule has 0 saturated heterocycles. The lowest BCUT2D eigenvalue weighted by atomic mass is 10.0. The van der Waals surface area contributed by atoms with E-state index in [2.05, 4.69) is 382 Å². The van der Waals surface area contributed by atoms with Gasteiger partial charge >= 0.3 is 0 Å². The van der Waals surface area contributed by atoms with Gasteiger partial charge in [0.1, 0.15) is 11.1 Å². The van der Waals surface area contributed by atoms with Crippen LogP contribution >= 0.6 is 11.3 Å². The number of nitrogens with zero attached hydrogens (tertiary/aromatic N) is 8. The predicted octanol–water partition coefficient (Wildman–Crippen LogP) is 27.6. The smallest absolute Gasteiger partial charge is 0.197 e. The molecule has 0 spiro atoms. The fourth-order valence-corrected chi connectivity index (χ4v) is 18.6. The van der Waals surface area contributed by atoms with E-state index in [0.29, 0.717) is 17.2 Å². The van der Waals surface area contributed by atoms with Crippen molar-refractivity contribution in [1.82, 2.24) is 38.2 Å². The van der Waals surface area contributed by atoms with Gasteiger partial charge in [-0.15, -0.1) is 11.3 Å². The highest BCUT2D eigenvalue weighted by molar-refractivity contribution is 7.26. The first-order chi connectivity index (χ1) is 56.5. The third-order valence-electron chi connectivity index (χ3n) is 22.7. The maximum atomic E-state index is 6.64. The molecule has 8 heterocycles. The molecule has 0 fully saturated rings. The molecule has 24 aromatic rings. The lowest BCUT2D eigenvalue weighted by Gasteiger charge is -2.11. The third kappa shape index (κ3) is 10.5. The molecule has 0 aliphatic heterocycles. The Morgan fingerprint density at radius 2 is 0.579 bits per heavy atom. The van der Waals surface area contributed by atoms with Crippen molar-refractivity contribution in [2.24, 2.45) is 0 Å². The molecule has 0 unspecified atom stereocenters. The van der Waals surface area contributed by atoms with E-state index in [1.807, 2.05) is 24.3 Å². The molecule has 0 N–H and O–H groups in total. The van der Waals surface area contributed by atoms with E-state index in [4.69, 9.17) is 24.4 Å². The Labute approximate surface area is 657 Å². The zero-order valence-corrected chi connectivity index (χ0v) is 62.2. The largest absolute Gasteiger partial charge is 0.450 e. The number of benzene rings is 16. The van der Waals surface area contributed by atoms with Crippen molar-refractivity contribution in [3.63, 3.8) is 0 Å². The molecule has 0 aliphatic rings. The Hall–Kier alpha value is -15.1. The Kier molecular flexibility index (Phi) is 15.0. The van der Waals surface area contributed by atoms with Crippen LogP contribution in [-0.4, -0.2) is 38.2 Å². The molecule has 9 nitrogen and oxygen atoms in total. The van der Waals surface area contributed by atoms with E-state index >= 15 is 0 Å². The van der Waals surface area contributed by atoms with Crippen LogP contribution in [-0.2, 0) is 0 Å². The molecule has 0 saturated carbocycles. The maximum absolute atomic E-state index is 6.64. The summed E-state index contributed by atoms with van der Waals surface area (Å²) in [6.07, 6.45) is 0. The molecule has 10 heteroatoms. The van der Waals surface area contributed by atoms with E-state index in [0.717, 1.165) is 121 Å².